The molecule has 0 N–H and O–H groups in total. The lowest BCUT2D eigenvalue weighted by atomic mass is 9.89. The highest BCUT2D eigenvalue weighted by molar-refractivity contribution is 6.42. The molecular weight excluding hydrogens is 353 g/mol. The molecule has 5 nitrogen and oxygen atoms in total. The fourth-order valence-electron chi connectivity index (χ4n) is 2.75. The first-order valence-electron chi connectivity index (χ1n) is 7.63. The molecule has 0 spiro atoms. The van der Waals surface area contributed by atoms with Gasteiger partial charge >= 0.3 is 12.1 Å². The maximum absolute atomic E-state index is 12.3. The molecule has 132 valence electrons. The van der Waals surface area contributed by atoms with Crippen LogP contribution in [0.2, 0.25) is 10.0 Å². The Morgan fingerprint density at radius 3 is 2.38 bits per heavy atom. The van der Waals surface area contributed by atoms with Gasteiger partial charge in [-0.25, -0.2) is 4.79 Å². The first-order chi connectivity index (χ1) is 11.1. The smallest absolute Gasteiger partial charge is 0.410 e. The van der Waals surface area contributed by atoms with Crippen LogP contribution in [0.15, 0.2) is 18.2 Å². The first-order valence-corrected chi connectivity index (χ1v) is 8.38. The molecule has 1 aliphatic rings. The van der Waals surface area contributed by atoms with Crippen molar-refractivity contribution in [3.63, 3.8) is 0 Å². The van der Waals surface area contributed by atoms with Gasteiger partial charge in [-0.1, -0.05) is 29.3 Å². The van der Waals surface area contributed by atoms with Gasteiger partial charge in [0.15, 0.2) is 0 Å². The van der Waals surface area contributed by atoms with E-state index in [1.165, 1.54) is 12.0 Å². The fourth-order valence-corrected chi connectivity index (χ4v) is 3.06. The van der Waals surface area contributed by atoms with Gasteiger partial charge in [0.05, 0.1) is 23.1 Å². The second kappa shape index (κ2) is 7.19. The summed E-state index contributed by atoms with van der Waals surface area (Å²) >= 11 is 12.0. The number of methoxy groups -OCH3 is 1. The maximum atomic E-state index is 12.3. The lowest BCUT2D eigenvalue weighted by Crippen LogP contribution is -2.36. The van der Waals surface area contributed by atoms with Crippen LogP contribution in [0, 0.1) is 5.92 Å². The van der Waals surface area contributed by atoms with Crippen molar-refractivity contribution in [2.24, 2.45) is 5.92 Å². The Balaban J connectivity index is 2.26. The Hall–Kier alpha value is -1.46. The largest absolute Gasteiger partial charge is 0.469 e. The predicted octanol–water partition coefficient (Wildman–Crippen LogP) is 4.12. The van der Waals surface area contributed by atoms with E-state index in [0.717, 1.165) is 5.56 Å². The van der Waals surface area contributed by atoms with Gasteiger partial charge in [-0.3, -0.25) is 4.79 Å². The van der Waals surface area contributed by atoms with Crippen molar-refractivity contribution in [1.29, 1.82) is 0 Å². The van der Waals surface area contributed by atoms with Crippen LogP contribution in [0.3, 0.4) is 0 Å². The van der Waals surface area contributed by atoms with Crippen molar-refractivity contribution < 1.29 is 19.1 Å². The molecule has 7 heteroatoms. The second-order valence-electron chi connectivity index (χ2n) is 6.80. The minimum atomic E-state index is -0.598. The van der Waals surface area contributed by atoms with E-state index in [4.69, 9.17) is 32.7 Å². The number of carbonyl (C=O) groups is 2. The minimum absolute atomic E-state index is 0.222. The van der Waals surface area contributed by atoms with Crippen molar-refractivity contribution in [2.45, 2.75) is 32.3 Å². The standard InChI is InChI=1S/C17H21Cl2NO4/c1-17(2,3)24-16(22)20-8-11(12(9-20)15(21)23-4)10-5-6-13(18)14(19)7-10/h5-7,11-12H,8-9H2,1-4H3/t11-,12?/m0/s1. The van der Waals surface area contributed by atoms with Gasteiger partial charge in [0.25, 0.3) is 0 Å². The molecule has 0 radical (unpaired) electrons. The highest BCUT2D eigenvalue weighted by Crippen LogP contribution is 2.36. The number of benzene rings is 1. The zero-order valence-electron chi connectivity index (χ0n) is 14.1. The van der Waals surface area contributed by atoms with Gasteiger partial charge in [-0.15, -0.1) is 0 Å². The van der Waals surface area contributed by atoms with E-state index in [1.54, 1.807) is 32.9 Å². The van der Waals surface area contributed by atoms with Crippen molar-refractivity contribution >= 4 is 35.3 Å². The summed E-state index contributed by atoms with van der Waals surface area (Å²) in [4.78, 5) is 26.0. The molecule has 1 fully saturated rings. The number of amides is 1. The van der Waals surface area contributed by atoms with Gasteiger partial charge in [-0.2, -0.15) is 0 Å². The SMILES string of the molecule is COC(=O)C1CN(C(=O)OC(C)(C)C)C[C@H]1c1ccc(Cl)c(Cl)c1. The van der Waals surface area contributed by atoms with E-state index >= 15 is 0 Å². The number of esters is 1. The molecule has 1 heterocycles. The number of hydrogen-bond acceptors (Lipinski definition) is 4. The van der Waals surface area contributed by atoms with Gasteiger partial charge in [0, 0.05) is 19.0 Å². The summed E-state index contributed by atoms with van der Waals surface area (Å²) in [5.74, 6) is -1.06. The third-order valence-electron chi connectivity index (χ3n) is 3.85. The average Bonchev–Trinajstić information content (AvgIpc) is 2.93. The molecule has 24 heavy (non-hydrogen) atoms. The van der Waals surface area contributed by atoms with E-state index < -0.39 is 17.6 Å². The lowest BCUT2D eigenvalue weighted by molar-refractivity contribution is -0.145. The lowest BCUT2D eigenvalue weighted by Gasteiger charge is -2.24. The normalized spacial score (nSPS) is 20.8. The molecular formula is C17H21Cl2NO4. The molecule has 2 atom stereocenters. The zero-order valence-corrected chi connectivity index (χ0v) is 15.6. The zero-order chi connectivity index (χ0) is 18.1. The van der Waals surface area contributed by atoms with E-state index in [1.807, 2.05) is 6.07 Å². The van der Waals surface area contributed by atoms with Crippen molar-refractivity contribution in [3.05, 3.63) is 33.8 Å². The number of nitrogens with zero attached hydrogens (tertiary/aromatic N) is 1. The van der Waals surface area contributed by atoms with Gasteiger partial charge in [0.1, 0.15) is 5.60 Å². The summed E-state index contributed by atoms with van der Waals surface area (Å²) in [6.45, 7) is 6.00. The first kappa shape index (κ1) is 18.9. The Morgan fingerprint density at radius 1 is 1.17 bits per heavy atom. The molecule has 1 aromatic carbocycles. The molecule has 1 aliphatic heterocycles. The summed E-state index contributed by atoms with van der Waals surface area (Å²) in [5, 5.41) is 0.852. The Labute approximate surface area is 151 Å². The molecule has 0 aromatic heterocycles. The van der Waals surface area contributed by atoms with Crippen molar-refractivity contribution in [1.82, 2.24) is 4.90 Å². The Bertz CT molecular complexity index is 642. The molecule has 2 rings (SSSR count). The van der Waals surface area contributed by atoms with Crippen LogP contribution in [0.5, 0.6) is 0 Å². The van der Waals surface area contributed by atoms with Crippen LogP contribution in [-0.2, 0) is 14.3 Å². The van der Waals surface area contributed by atoms with Crippen LogP contribution >= 0.6 is 23.2 Å². The van der Waals surface area contributed by atoms with Crippen LogP contribution in [0.4, 0.5) is 4.79 Å². The third-order valence-corrected chi connectivity index (χ3v) is 4.59. The highest BCUT2D eigenvalue weighted by atomic mass is 35.5. The number of rotatable bonds is 2. The number of carbonyl (C=O) groups excluding carboxylic acids is 2. The molecule has 1 amide bonds. The van der Waals surface area contributed by atoms with Crippen molar-refractivity contribution in [3.8, 4) is 0 Å². The molecule has 0 bridgehead atoms. The number of halogens is 2. The summed E-state index contributed by atoms with van der Waals surface area (Å²) in [6.07, 6.45) is -0.445. The summed E-state index contributed by atoms with van der Waals surface area (Å²) in [6, 6.07) is 5.22. The Morgan fingerprint density at radius 2 is 1.83 bits per heavy atom. The number of likely N-dealkylation sites (tertiary alicyclic amines) is 1. The monoisotopic (exact) mass is 373 g/mol. The summed E-state index contributed by atoms with van der Waals surface area (Å²) in [5.41, 5.74) is 0.241. The van der Waals surface area contributed by atoms with E-state index in [-0.39, 0.29) is 18.4 Å². The van der Waals surface area contributed by atoms with E-state index in [2.05, 4.69) is 0 Å². The van der Waals surface area contributed by atoms with E-state index in [0.29, 0.717) is 16.6 Å². The molecule has 1 saturated heterocycles. The van der Waals surface area contributed by atoms with E-state index in [9.17, 15) is 9.59 Å². The fraction of sp³-hybridized carbons (Fsp3) is 0.529. The summed E-state index contributed by atoms with van der Waals surface area (Å²) in [7, 11) is 1.34. The predicted molar refractivity (Wildman–Crippen MR) is 92.5 cm³/mol. The Kier molecular flexibility index (Phi) is 5.66. The van der Waals surface area contributed by atoms with Crippen LogP contribution in [0.1, 0.15) is 32.3 Å². The molecule has 0 saturated carbocycles. The van der Waals surface area contributed by atoms with Crippen LogP contribution in [-0.4, -0.2) is 42.8 Å². The van der Waals surface area contributed by atoms with Gasteiger partial charge in [-0.05, 0) is 38.5 Å². The van der Waals surface area contributed by atoms with Crippen LogP contribution < -0.4 is 0 Å². The average molecular weight is 374 g/mol. The van der Waals surface area contributed by atoms with Crippen molar-refractivity contribution in [2.75, 3.05) is 20.2 Å². The maximum Gasteiger partial charge on any atom is 0.410 e. The topological polar surface area (TPSA) is 55.8 Å². The number of hydrogen-bond donors (Lipinski definition) is 0. The molecule has 1 unspecified atom stereocenters. The highest BCUT2D eigenvalue weighted by Gasteiger charge is 2.42. The van der Waals surface area contributed by atoms with Gasteiger partial charge in [0.2, 0.25) is 0 Å². The van der Waals surface area contributed by atoms with Gasteiger partial charge < -0.3 is 14.4 Å². The minimum Gasteiger partial charge on any atom is -0.469 e. The van der Waals surface area contributed by atoms with Crippen LogP contribution in [0.25, 0.3) is 0 Å². The molecule has 0 aliphatic carbocycles. The second-order valence-corrected chi connectivity index (χ2v) is 7.61. The summed E-state index contributed by atoms with van der Waals surface area (Å²) < 4.78 is 10.3. The third kappa shape index (κ3) is 4.33. The molecule has 1 aromatic rings. The number of ether oxygens (including phenoxy) is 2. The quantitative estimate of drug-likeness (QED) is 0.731.